The van der Waals surface area contributed by atoms with Gasteiger partial charge in [0.1, 0.15) is 5.75 Å². The SMILES string of the molecule is CC(C)COc1ccc(-c2nnc(SCC(=O)Nc3cc([N+](=O)[O-])ccc3Cl)n2C)cc1. The van der Waals surface area contributed by atoms with Crippen molar-refractivity contribution in [2.24, 2.45) is 13.0 Å². The van der Waals surface area contributed by atoms with Crippen LogP contribution < -0.4 is 10.1 Å². The van der Waals surface area contributed by atoms with Crippen molar-refractivity contribution in [1.29, 1.82) is 0 Å². The van der Waals surface area contributed by atoms with Crippen LogP contribution in [-0.2, 0) is 11.8 Å². The summed E-state index contributed by atoms with van der Waals surface area (Å²) in [4.78, 5) is 22.7. The van der Waals surface area contributed by atoms with Crippen molar-refractivity contribution in [3.8, 4) is 17.1 Å². The standard InChI is InChI=1S/C21H22ClN5O4S/c1-13(2)11-31-16-7-4-14(5-8-16)20-24-25-21(26(20)3)32-12-19(28)23-18-10-15(27(29)30)6-9-17(18)22/h4-10,13H,11-12H2,1-3H3,(H,23,28). The molecule has 0 atom stereocenters. The van der Waals surface area contributed by atoms with Gasteiger partial charge in [-0.1, -0.05) is 37.2 Å². The van der Waals surface area contributed by atoms with Crippen LogP contribution in [-0.4, -0.2) is 38.0 Å². The minimum absolute atomic E-state index is 0.0347. The zero-order valence-electron chi connectivity index (χ0n) is 17.7. The van der Waals surface area contributed by atoms with Crippen LogP contribution in [0.2, 0.25) is 5.02 Å². The first-order valence-corrected chi connectivity index (χ1v) is 11.1. The molecule has 1 N–H and O–H groups in total. The third kappa shape index (κ3) is 5.98. The molecule has 2 aromatic carbocycles. The Bertz CT molecular complexity index is 1120. The fourth-order valence-electron chi connectivity index (χ4n) is 2.69. The normalized spacial score (nSPS) is 10.9. The molecule has 0 unspecified atom stereocenters. The Labute approximate surface area is 194 Å². The molecule has 0 aliphatic carbocycles. The lowest BCUT2D eigenvalue weighted by Crippen LogP contribution is -2.15. The number of halogens is 1. The predicted molar refractivity (Wildman–Crippen MR) is 124 cm³/mol. The largest absolute Gasteiger partial charge is 0.493 e. The molecular weight excluding hydrogens is 454 g/mol. The molecule has 0 fully saturated rings. The summed E-state index contributed by atoms with van der Waals surface area (Å²) in [5.41, 5.74) is 0.900. The number of rotatable bonds is 9. The Kier molecular flexibility index (Phi) is 7.70. The summed E-state index contributed by atoms with van der Waals surface area (Å²) < 4.78 is 7.49. The highest BCUT2D eigenvalue weighted by Crippen LogP contribution is 2.28. The summed E-state index contributed by atoms with van der Waals surface area (Å²) >= 11 is 7.22. The Balaban J connectivity index is 1.62. The smallest absolute Gasteiger partial charge is 0.271 e. The van der Waals surface area contributed by atoms with E-state index >= 15 is 0 Å². The van der Waals surface area contributed by atoms with E-state index in [1.807, 2.05) is 31.3 Å². The predicted octanol–water partition coefficient (Wildman–Crippen LogP) is 4.81. The molecule has 0 bridgehead atoms. The molecular formula is C21H22ClN5O4S. The maximum atomic E-state index is 12.3. The summed E-state index contributed by atoms with van der Waals surface area (Å²) in [7, 11) is 1.82. The number of nitro groups is 1. The molecule has 0 spiro atoms. The van der Waals surface area contributed by atoms with Gasteiger partial charge in [0.15, 0.2) is 11.0 Å². The summed E-state index contributed by atoms with van der Waals surface area (Å²) in [6.45, 7) is 4.82. The van der Waals surface area contributed by atoms with Crippen LogP contribution in [0.4, 0.5) is 11.4 Å². The van der Waals surface area contributed by atoms with E-state index in [-0.39, 0.29) is 28.1 Å². The number of nitrogens with one attached hydrogen (secondary N) is 1. The zero-order chi connectivity index (χ0) is 23.3. The lowest BCUT2D eigenvalue weighted by Gasteiger charge is -2.09. The second-order valence-corrected chi connectivity index (χ2v) is 8.70. The molecule has 0 saturated carbocycles. The van der Waals surface area contributed by atoms with Gasteiger partial charge in [-0.15, -0.1) is 10.2 Å². The molecule has 0 saturated heterocycles. The van der Waals surface area contributed by atoms with Crippen LogP contribution in [0.15, 0.2) is 47.6 Å². The second kappa shape index (κ2) is 10.5. The molecule has 0 radical (unpaired) electrons. The Morgan fingerprint density at radius 3 is 2.62 bits per heavy atom. The van der Waals surface area contributed by atoms with E-state index in [2.05, 4.69) is 29.4 Å². The van der Waals surface area contributed by atoms with E-state index in [1.54, 1.807) is 4.57 Å². The third-order valence-electron chi connectivity index (χ3n) is 4.30. The van der Waals surface area contributed by atoms with Crippen LogP contribution in [0.1, 0.15) is 13.8 Å². The van der Waals surface area contributed by atoms with Crippen molar-refractivity contribution in [3.05, 3.63) is 57.6 Å². The minimum atomic E-state index is -0.551. The molecule has 1 aromatic heterocycles. The van der Waals surface area contributed by atoms with Gasteiger partial charge in [-0.3, -0.25) is 14.9 Å². The van der Waals surface area contributed by atoms with Crippen molar-refractivity contribution in [2.45, 2.75) is 19.0 Å². The van der Waals surface area contributed by atoms with Crippen molar-refractivity contribution in [1.82, 2.24) is 14.8 Å². The Morgan fingerprint density at radius 1 is 1.25 bits per heavy atom. The monoisotopic (exact) mass is 475 g/mol. The minimum Gasteiger partial charge on any atom is -0.493 e. The number of carbonyl (C=O) groups is 1. The average molecular weight is 476 g/mol. The molecule has 0 aliphatic rings. The van der Waals surface area contributed by atoms with Crippen LogP contribution in [0.3, 0.4) is 0 Å². The number of ether oxygens (including phenoxy) is 1. The fraction of sp³-hybridized carbons (Fsp3) is 0.286. The van der Waals surface area contributed by atoms with Gasteiger partial charge in [0.25, 0.3) is 5.69 Å². The number of carbonyl (C=O) groups excluding carboxylic acids is 1. The van der Waals surface area contributed by atoms with Gasteiger partial charge in [0, 0.05) is 24.7 Å². The Hall–Kier alpha value is -3.11. The molecule has 32 heavy (non-hydrogen) atoms. The number of nitro benzene ring substituents is 1. The van der Waals surface area contributed by atoms with Crippen molar-refractivity contribution >= 4 is 40.6 Å². The molecule has 11 heteroatoms. The zero-order valence-corrected chi connectivity index (χ0v) is 19.3. The van der Waals surface area contributed by atoms with Crippen LogP contribution in [0.5, 0.6) is 5.75 Å². The molecule has 3 rings (SSSR count). The van der Waals surface area contributed by atoms with Crippen LogP contribution in [0, 0.1) is 16.0 Å². The van der Waals surface area contributed by atoms with Gasteiger partial charge in [0.05, 0.1) is 28.0 Å². The third-order valence-corrected chi connectivity index (χ3v) is 5.65. The lowest BCUT2D eigenvalue weighted by atomic mass is 10.2. The number of thioether (sulfide) groups is 1. The fourth-order valence-corrected chi connectivity index (χ4v) is 3.57. The van der Waals surface area contributed by atoms with Crippen molar-refractivity contribution < 1.29 is 14.5 Å². The molecule has 1 amide bonds. The topological polar surface area (TPSA) is 112 Å². The summed E-state index contributed by atoms with van der Waals surface area (Å²) in [6.07, 6.45) is 0. The van der Waals surface area contributed by atoms with Gasteiger partial charge < -0.3 is 14.6 Å². The maximum Gasteiger partial charge on any atom is 0.271 e. The van der Waals surface area contributed by atoms with Crippen molar-refractivity contribution in [2.75, 3.05) is 17.7 Å². The summed E-state index contributed by atoms with van der Waals surface area (Å²) in [6, 6.07) is 11.5. The number of amides is 1. The van der Waals surface area contributed by atoms with E-state index in [1.165, 1.54) is 30.0 Å². The number of anilines is 1. The van der Waals surface area contributed by atoms with E-state index in [4.69, 9.17) is 16.3 Å². The van der Waals surface area contributed by atoms with Gasteiger partial charge >= 0.3 is 0 Å². The molecule has 1 heterocycles. The van der Waals surface area contributed by atoms with Crippen molar-refractivity contribution in [3.63, 3.8) is 0 Å². The first kappa shape index (κ1) is 23.6. The second-order valence-electron chi connectivity index (χ2n) is 7.35. The van der Waals surface area contributed by atoms with E-state index in [0.717, 1.165) is 11.3 Å². The maximum absolute atomic E-state index is 12.3. The highest BCUT2D eigenvalue weighted by atomic mass is 35.5. The first-order chi connectivity index (χ1) is 15.2. The Morgan fingerprint density at radius 2 is 1.97 bits per heavy atom. The number of non-ortho nitro benzene ring substituents is 1. The molecule has 0 aliphatic heterocycles. The average Bonchev–Trinajstić information content (AvgIpc) is 3.12. The molecule has 3 aromatic rings. The highest BCUT2D eigenvalue weighted by molar-refractivity contribution is 7.99. The number of aromatic nitrogens is 3. The van der Waals surface area contributed by atoms with E-state index < -0.39 is 4.92 Å². The van der Waals surface area contributed by atoms with E-state index in [0.29, 0.717) is 23.5 Å². The van der Waals surface area contributed by atoms with E-state index in [9.17, 15) is 14.9 Å². The number of nitrogens with zero attached hydrogens (tertiary/aromatic N) is 4. The van der Waals surface area contributed by atoms with Gasteiger partial charge in [-0.2, -0.15) is 0 Å². The van der Waals surface area contributed by atoms with Gasteiger partial charge in [0.2, 0.25) is 5.91 Å². The number of benzene rings is 2. The lowest BCUT2D eigenvalue weighted by molar-refractivity contribution is -0.384. The number of hydrogen-bond acceptors (Lipinski definition) is 7. The van der Waals surface area contributed by atoms with Crippen LogP contribution in [0.25, 0.3) is 11.4 Å². The van der Waals surface area contributed by atoms with Gasteiger partial charge in [-0.25, -0.2) is 0 Å². The summed E-state index contributed by atoms with van der Waals surface area (Å²) in [5.74, 6) is 1.56. The molecule has 168 valence electrons. The summed E-state index contributed by atoms with van der Waals surface area (Å²) in [5, 5.41) is 22.7. The first-order valence-electron chi connectivity index (χ1n) is 9.74. The quantitative estimate of drug-likeness (QED) is 0.268. The van der Waals surface area contributed by atoms with Gasteiger partial charge in [-0.05, 0) is 36.2 Å². The van der Waals surface area contributed by atoms with Crippen LogP contribution >= 0.6 is 23.4 Å². The molecule has 9 nitrogen and oxygen atoms in total. The number of hydrogen-bond donors (Lipinski definition) is 1. The highest BCUT2D eigenvalue weighted by Gasteiger charge is 2.15.